The maximum absolute atomic E-state index is 12.4. The second-order valence-corrected chi connectivity index (χ2v) is 5.24. The summed E-state index contributed by atoms with van der Waals surface area (Å²) in [5.74, 6) is -0.291. The number of halogens is 1. The zero-order valence-electron chi connectivity index (χ0n) is 11.2. The lowest BCUT2D eigenvalue weighted by Crippen LogP contribution is -2.12. The largest absolute Gasteiger partial charge is 0.321 e. The first-order valence-electron chi connectivity index (χ1n) is 6.54. The summed E-state index contributed by atoms with van der Waals surface area (Å²) in [4.78, 5) is 12.4. The summed E-state index contributed by atoms with van der Waals surface area (Å²) in [7, 11) is 0. The molecule has 6 nitrogen and oxygen atoms in total. The van der Waals surface area contributed by atoms with Crippen LogP contribution in [-0.4, -0.2) is 22.3 Å². The third-order valence-electron chi connectivity index (χ3n) is 3.43. The number of H-pyrrole nitrogens is 1. The quantitative estimate of drug-likeness (QED) is 0.762. The Morgan fingerprint density at radius 3 is 2.77 bits per heavy atom. The molecule has 0 unspecified atom stereocenters. The molecule has 1 aliphatic heterocycles. The van der Waals surface area contributed by atoms with E-state index in [-0.39, 0.29) is 5.91 Å². The fourth-order valence-corrected chi connectivity index (χ4v) is 2.49. The first-order chi connectivity index (χ1) is 10.7. The summed E-state index contributed by atoms with van der Waals surface area (Å²) in [6.07, 6.45) is 1.65. The second-order valence-electron chi connectivity index (χ2n) is 4.80. The third-order valence-corrected chi connectivity index (χ3v) is 3.68. The van der Waals surface area contributed by atoms with Crippen LogP contribution in [-0.2, 0) is 0 Å². The second kappa shape index (κ2) is 4.85. The van der Waals surface area contributed by atoms with Gasteiger partial charge in [-0.25, -0.2) is 0 Å². The highest BCUT2D eigenvalue weighted by molar-refractivity contribution is 6.30. The number of fused-ring (bicyclic) bond motifs is 3. The first kappa shape index (κ1) is 12.8. The lowest BCUT2D eigenvalue weighted by Gasteiger charge is -2.03. The zero-order chi connectivity index (χ0) is 15.1. The number of aromatic amines is 1. The maximum atomic E-state index is 12.4. The summed E-state index contributed by atoms with van der Waals surface area (Å²) in [5, 5.41) is 15.0. The SMILES string of the molecule is O=C(Nc1ccc(Cl)cc1)c1n[nH]c2c3c(ccc12)[N]N=C3. The van der Waals surface area contributed by atoms with Gasteiger partial charge in [0.1, 0.15) is 0 Å². The molecule has 0 atom stereocenters. The van der Waals surface area contributed by atoms with Crippen LogP contribution in [0.3, 0.4) is 0 Å². The molecular weight excluding hydrogens is 302 g/mol. The van der Waals surface area contributed by atoms with Gasteiger partial charge in [-0.2, -0.15) is 15.6 Å². The van der Waals surface area contributed by atoms with Gasteiger partial charge in [-0.05, 0) is 36.4 Å². The molecule has 0 saturated carbocycles. The number of nitrogens with one attached hydrogen (secondary N) is 2. The van der Waals surface area contributed by atoms with Gasteiger partial charge in [-0.3, -0.25) is 9.89 Å². The normalized spacial score (nSPS) is 12.2. The fourth-order valence-electron chi connectivity index (χ4n) is 2.36. The summed E-state index contributed by atoms with van der Waals surface area (Å²) in [5.41, 5.74) is 7.33. The molecule has 2 N–H and O–H groups in total. The standard InChI is InChI=1S/C15H9ClN5O/c16-8-1-3-9(4-2-8)18-15(22)14-10-5-6-12-11(7-17-19-12)13(10)20-21-14/h1-7H,(H,18,22)(H,20,21). The van der Waals surface area contributed by atoms with Crippen LogP contribution in [0.2, 0.25) is 5.02 Å². The Balaban J connectivity index is 1.70. The molecule has 22 heavy (non-hydrogen) atoms. The summed E-state index contributed by atoms with van der Waals surface area (Å²) in [6, 6.07) is 10.5. The monoisotopic (exact) mass is 310 g/mol. The molecule has 4 rings (SSSR count). The smallest absolute Gasteiger partial charge is 0.276 e. The highest BCUT2D eigenvalue weighted by Crippen LogP contribution is 2.28. The van der Waals surface area contributed by atoms with Crippen LogP contribution in [0.4, 0.5) is 11.4 Å². The van der Waals surface area contributed by atoms with E-state index in [9.17, 15) is 4.79 Å². The molecule has 0 bridgehead atoms. The van der Waals surface area contributed by atoms with Crippen LogP contribution in [0.5, 0.6) is 0 Å². The van der Waals surface area contributed by atoms with Gasteiger partial charge in [-0.15, -0.1) is 0 Å². The van der Waals surface area contributed by atoms with Gasteiger partial charge in [0.15, 0.2) is 5.69 Å². The van der Waals surface area contributed by atoms with Gasteiger partial charge in [0.2, 0.25) is 0 Å². The maximum Gasteiger partial charge on any atom is 0.276 e. The predicted molar refractivity (Wildman–Crippen MR) is 84.9 cm³/mol. The number of amides is 1. The Hall–Kier alpha value is -2.86. The van der Waals surface area contributed by atoms with Gasteiger partial charge >= 0.3 is 0 Å². The van der Waals surface area contributed by atoms with Crippen LogP contribution in [0, 0.1) is 0 Å². The Morgan fingerprint density at radius 1 is 1.14 bits per heavy atom. The lowest BCUT2D eigenvalue weighted by molar-refractivity contribution is 0.102. The van der Waals surface area contributed by atoms with Crippen LogP contribution < -0.4 is 10.7 Å². The molecule has 0 aliphatic carbocycles. The molecule has 2 heterocycles. The molecule has 1 aliphatic rings. The number of carbonyl (C=O) groups excluding carboxylic acids is 1. The van der Waals surface area contributed by atoms with E-state index in [1.807, 2.05) is 12.1 Å². The van der Waals surface area contributed by atoms with Gasteiger partial charge in [0.05, 0.1) is 17.4 Å². The third kappa shape index (κ3) is 2.01. The Labute approximate surface area is 130 Å². The number of benzene rings is 2. The highest BCUT2D eigenvalue weighted by atomic mass is 35.5. The van der Waals surface area contributed by atoms with Crippen LogP contribution in [0.25, 0.3) is 10.9 Å². The Bertz CT molecular complexity index is 914. The number of aromatic nitrogens is 2. The van der Waals surface area contributed by atoms with Crippen molar-refractivity contribution >= 4 is 46.0 Å². The van der Waals surface area contributed by atoms with Crippen molar-refractivity contribution in [2.45, 2.75) is 0 Å². The molecule has 2 aromatic carbocycles. The highest BCUT2D eigenvalue weighted by Gasteiger charge is 2.19. The average Bonchev–Trinajstić information content (AvgIpc) is 3.14. The van der Waals surface area contributed by atoms with Gasteiger partial charge in [0, 0.05) is 21.7 Å². The minimum absolute atomic E-state index is 0.291. The van der Waals surface area contributed by atoms with Crippen molar-refractivity contribution in [1.29, 1.82) is 0 Å². The van der Waals surface area contributed by atoms with Crippen molar-refractivity contribution in [3.63, 3.8) is 0 Å². The van der Waals surface area contributed by atoms with Gasteiger partial charge in [0.25, 0.3) is 5.91 Å². The van der Waals surface area contributed by atoms with Crippen molar-refractivity contribution in [1.82, 2.24) is 15.6 Å². The van der Waals surface area contributed by atoms with Gasteiger partial charge < -0.3 is 5.32 Å². The van der Waals surface area contributed by atoms with E-state index in [2.05, 4.69) is 26.0 Å². The summed E-state index contributed by atoms with van der Waals surface area (Å²) < 4.78 is 0. The number of carbonyl (C=O) groups is 1. The molecule has 3 aromatic rings. The van der Waals surface area contributed by atoms with Crippen molar-refractivity contribution in [3.05, 3.63) is 52.7 Å². The van der Waals surface area contributed by atoms with Crippen LogP contribution >= 0.6 is 11.6 Å². The first-order valence-corrected chi connectivity index (χ1v) is 6.92. The van der Waals surface area contributed by atoms with E-state index in [1.54, 1.807) is 30.5 Å². The fraction of sp³-hybridized carbons (Fsp3) is 0. The molecule has 1 aromatic heterocycles. The number of hydrogen-bond acceptors (Lipinski definition) is 3. The molecule has 107 valence electrons. The van der Waals surface area contributed by atoms with Gasteiger partial charge in [-0.1, -0.05) is 11.6 Å². The van der Waals surface area contributed by atoms with Crippen molar-refractivity contribution in [3.8, 4) is 0 Å². The predicted octanol–water partition coefficient (Wildman–Crippen LogP) is 3.05. The van der Waals surface area contributed by atoms with E-state index in [0.717, 1.165) is 22.2 Å². The van der Waals surface area contributed by atoms with Crippen molar-refractivity contribution in [2.75, 3.05) is 5.32 Å². The molecular formula is C15H9ClN5O. The van der Waals surface area contributed by atoms with Crippen molar-refractivity contribution < 1.29 is 4.79 Å². The van der Waals surface area contributed by atoms with E-state index < -0.39 is 0 Å². The number of hydrogen-bond donors (Lipinski definition) is 2. The molecule has 1 amide bonds. The molecule has 7 heteroatoms. The minimum Gasteiger partial charge on any atom is -0.321 e. The Kier molecular flexibility index (Phi) is 2.83. The van der Waals surface area contributed by atoms with E-state index in [0.29, 0.717) is 16.4 Å². The minimum atomic E-state index is -0.291. The Morgan fingerprint density at radius 2 is 1.95 bits per heavy atom. The number of nitrogens with zero attached hydrogens (tertiary/aromatic N) is 3. The number of anilines is 1. The summed E-state index contributed by atoms with van der Waals surface area (Å²) >= 11 is 5.83. The topological polar surface area (TPSA) is 84.2 Å². The number of rotatable bonds is 2. The van der Waals surface area contributed by atoms with E-state index in [1.165, 1.54) is 0 Å². The van der Waals surface area contributed by atoms with Crippen LogP contribution in [0.15, 0.2) is 41.5 Å². The molecule has 0 saturated heterocycles. The lowest BCUT2D eigenvalue weighted by atomic mass is 10.1. The molecule has 1 radical (unpaired) electrons. The summed E-state index contributed by atoms with van der Waals surface area (Å²) in [6.45, 7) is 0. The zero-order valence-corrected chi connectivity index (χ0v) is 11.9. The molecule has 0 fully saturated rings. The average molecular weight is 311 g/mol. The van der Waals surface area contributed by atoms with E-state index in [4.69, 9.17) is 11.6 Å². The van der Waals surface area contributed by atoms with Crippen LogP contribution in [0.1, 0.15) is 16.1 Å². The van der Waals surface area contributed by atoms with Crippen molar-refractivity contribution in [2.24, 2.45) is 5.10 Å². The van der Waals surface area contributed by atoms with E-state index >= 15 is 0 Å². The molecule has 0 spiro atoms.